The normalized spacial score (nSPS) is 18.7. The molecule has 0 radical (unpaired) electrons. The summed E-state index contributed by atoms with van der Waals surface area (Å²) < 4.78 is 7.09. The molecule has 0 N–H and O–H groups in total. The number of hydrogen-bond acceptors (Lipinski definition) is 6. The summed E-state index contributed by atoms with van der Waals surface area (Å²) >= 11 is 0. The summed E-state index contributed by atoms with van der Waals surface area (Å²) in [7, 11) is 1.69. The molecular weight excluding hydrogens is 270 g/mol. The molecule has 2 aromatic rings. The van der Waals surface area contributed by atoms with Crippen LogP contribution in [0, 0.1) is 0 Å². The molecule has 7 heteroatoms. The van der Waals surface area contributed by atoms with E-state index in [1.807, 2.05) is 0 Å². The van der Waals surface area contributed by atoms with Crippen molar-refractivity contribution in [3.63, 3.8) is 0 Å². The molecular formula is C14H17N5O2. The lowest BCUT2D eigenvalue weighted by atomic mass is 10.1. The minimum absolute atomic E-state index is 0.0654. The van der Waals surface area contributed by atoms with Gasteiger partial charge in [-0.25, -0.2) is 4.68 Å². The maximum Gasteiger partial charge on any atom is 0.266 e. The van der Waals surface area contributed by atoms with E-state index in [-0.39, 0.29) is 5.56 Å². The quantitative estimate of drug-likeness (QED) is 0.822. The lowest BCUT2D eigenvalue weighted by Crippen LogP contribution is -2.34. The predicted octanol–water partition coefficient (Wildman–Crippen LogP) is 0.599. The van der Waals surface area contributed by atoms with Crippen molar-refractivity contribution in [3.8, 4) is 0 Å². The van der Waals surface area contributed by atoms with Crippen molar-refractivity contribution in [2.75, 3.05) is 6.54 Å². The molecule has 4 rings (SSSR count). The second-order valence-electron chi connectivity index (χ2n) is 5.85. The molecule has 0 aromatic carbocycles. The van der Waals surface area contributed by atoms with E-state index in [0.717, 1.165) is 43.0 Å². The topological polar surface area (TPSA) is 77.1 Å². The predicted molar refractivity (Wildman–Crippen MR) is 73.6 cm³/mol. The van der Waals surface area contributed by atoms with Gasteiger partial charge in [-0.3, -0.25) is 9.69 Å². The Morgan fingerprint density at radius 2 is 2.24 bits per heavy atom. The number of aromatic nitrogens is 4. The van der Waals surface area contributed by atoms with Gasteiger partial charge in [0.1, 0.15) is 0 Å². The van der Waals surface area contributed by atoms with Crippen LogP contribution < -0.4 is 5.56 Å². The molecule has 1 fully saturated rings. The SMILES string of the molecule is Cn1nc2c(cc1=O)CN(Cc1nnc(C3CC3)o1)CC2. The molecule has 1 saturated carbocycles. The zero-order valence-electron chi connectivity index (χ0n) is 11.9. The minimum Gasteiger partial charge on any atom is -0.424 e. The molecule has 0 amide bonds. The fourth-order valence-corrected chi connectivity index (χ4v) is 2.70. The molecule has 2 aromatic heterocycles. The number of rotatable bonds is 3. The number of nitrogens with zero attached hydrogens (tertiary/aromatic N) is 5. The van der Waals surface area contributed by atoms with E-state index < -0.39 is 0 Å². The van der Waals surface area contributed by atoms with Crippen LogP contribution in [0.5, 0.6) is 0 Å². The Labute approximate surface area is 121 Å². The zero-order chi connectivity index (χ0) is 14.4. The Morgan fingerprint density at radius 3 is 3.05 bits per heavy atom. The van der Waals surface area contributed by atoms with Gasteiger partial charge in [0.2, 0.25) is 11.8 Å². The summed E-state index contributed by atoms with van der Waals surface area (Å²) in [6.07, 6.45) is 3.16. The summed E-state index contributed by atoms with van der Waals surface area (Å²) in [6.45, 7) is 2.23. The monoisotopic (exact) mass is 287 g/mol. The average molecular weight is 287 g/mol. The van der Waals surface area contributed by atoms with E-state index >= 15 is 0 Å². The van der Waals surface area contributed by atoms with Crippen molar-refractivity contribution in [3.05, 3.63) is 39.5 Å². The fraction of sp³-hybridized carbons (Fsp3) is 0.571. The van der Waals surface area contributed by atoms with Gasteiger partial charge < -0.3 is 4.42 Å². The molecule has 0 unspecified atom stereocenters. The summed E-state index contributed by atoms with van der Waals surface area (Å²) in [5.74, 6) is 1.93. The maximum absolute atomic E-state index is 11.7. The van der Waals surface area contributed by atoms with Gasteiger partial charge in [0.05, 0.1) is 12.2 Å². The Hall–Kier alpha value is -2.02. The lowest BCUT2D eigenvalue weighted by molar-refractivity contribution is 0.216. The van der Waals surface area contributed by atoms with Crippen LogP contribution in [0.1, 0.15) is 41.8 Å². The van der Waals surface area contributed by atoms with Crippen molar-refractivity contribution in [1.29, 1.82) is 0 Å². The Morgan fingerprint density at radius 1 is 1.38 bits per heavy atom. The van der Waals surface area contributed by atoms with Crippen LogP contribution in [-0.4, -0.2) is 31.4 Å². The van der Waals surface area contributed by atoms with Gasteiger partial charge in [-0.15, -0.1) is 10.2 Å². The fourth-order valence-electron chi connectivity index (χ4n) is 2.70. The van der Waals surface area contributed by atoms with Gasteiger partial charge in [-0.2, -0.15) is 5.10 Å². The lowest BCUT2D eigenvalue weighted by Gasteiger charge is -2.26. The molecule has 21 heavy (non-hydrogen) atoms. The molecule has 0 saturated heterocycles. The van der Waals surface area contributed by atoms with Crippen molar-refractivity contribution in [2.24, 2.45) is 7.05 Å². The van der Waals surface area contributed by atoms with Crippen LogP contribution in [0.4, 0.5) is 0 Å². The summed E-state index contributed by atoms with van der Waals surface area (Å²) in [5.41, 5.74) is 1.95. The second kappa shape index (κ2) is 4.77. The molecule has 2 aliphatic rings. The van der Waals surface area contributed by atoms with E-state index in [0.29, 0.717) is 24.9 Å². The first-order valence-electron chi connectivity index (χ1n) is 7.30. The molecule has 1 aliphatic carbocycles. The maximum atomic E-state index is 11.7. The third-order valence-electron chi connectivity index (χ3n) is 4.08. The average Bonchev–Trinajstić information content (AvgIpc) is 3.21. The first kappa shape index (κ1) is 12.7. The van der Waals surface area contributed by atoms with Gasteiger partial charge in [0.25, 0.3) is 5.56 Å². The van der Waals surface area contributed by atoms with E-state index in [4.69, 9.17) is 4.42 Å². The van der Waals surface area contributed by atoms with Gasteiger partial charge in [0, 0.05) is 38.5 Å². The Kier molecular flexibility index (Phi) is 2.88. The smallest absolute Gasteiger partial charge is 0.266 e. The highest BCUT2D eigenvalue weighted by Crippen LogP contribution is 2.39. The standard InChI is InChI=1S/C14H17N5O2/c1-18-13(20)6-10-7-19(5-4-11(10)17-18)8-12-15-16-14(21-12)9-2-3-9/h6,9H,2-5,7-8H2,1H3. The van der Waals surface area contributed by atoms with Crippen LogP contribution in [0.2, 0.25) is 0 Å². The van der Waals surface area contributed by atoms with E-state index in [1.54, 1.807) is 13.1 Å². The minimum atomic E-state index is -0.0654. The number of hydrogen-bond donors (Lipinski definition) is 0. The first-order chi connectivity index (χ1) is 10.2. The highest BCUT2D eigenvalue weighted by atomic mass is 16.4. The van der Waals surface area contributed by atoms with Crippen molar-refractivity contribution in [1.82, 2.24) is 24.9 Å². The molecule has 110 valence electrons. The van der Waals surface area contributed by atoms with Crippen LogP contribution in [0.25, 0.3) is 0 Å². The second-order valence-corrected chi connectivity index (χ2v) is 5.85. The van der Waals surface area contributed by atoms with Crippen LogP contribution in [0.3, 0.4) is 0 Å². The molecule has 0 spiro atoms. The van der Waals surface area contributed by atoms with Crippen molar-refractivity contribution >= 4 is 0 Å². The van der Waals surface area contributed by atoms with Crippen LogP contribution in [-0.2, 0) is 26.6 Å². The number of aryl methyl sites for hydroxylation is 1. The van der Waals surface area contributed by atoms with Gasteiger partial charge in [-0.1, -0.05) is 0 Å². The highest BCUT2D eigenvalue weighted by molar-refractivity contribution is 5.20. The van der Waals surface area contributed by atoms with Gasteiger partial charge in [-0.05, 0) is 18.4 Å². The Balaban J connectivity index is 1.49. The van der Waals surface area contributed by atoms with Crippen molar-refractivity contribution in [2.45, 2.75) is 38.3 Å². The number of fused-ring (bicyclic) bond motifs is 1. The summed E-state index contributed by atoms with van der Waals surface area (Å²) in [5, 5.41) is 12.5. The van der Waals surface area contributed by atoms with Crippen LogP contribution >= 0.6 is 0 Å². The van der Waals surface area contributed by atoms with E-state index in [9.17, 15) is 4.79 Å². The summed E-state index contributed by atoms with van der Waals surface area (Å²) in [4.78, 5) is 13.9. The zero-order valence-corrected chi connectivity index (χ0v) is 11.9. The van der Waals surface area contributed by atoms with Gasteiger partial charge >= 0.3 is 0 Å². The largest absolute Gasteiger partial charge is 0.424 e. The Bertz CT molecular complexity index is 731. The molecule has 3 heterocycles. The highest BCUT2D eigenvalue weighted by Gasteiger charge is 2.29. The van der Waals surface area contributed by atoms with Crippen LogP contribution in [0.15, 0.2) is 15.3 Å². The third kappa shape index (κ3) is 2.49. The molecule has 1 aliphatic heterocycles. The third-order valence-corrected chi connectivity index (χ3v) is 4.08. The van der Waals surface area contributed by atoms with E-state index in [1.165, 1.54) is 4.68 Å². The van der Waals surface area contributed by atoms with Gasteiger partial charge in [0.15, 0.2) is 0 Å². The van der Waals surface area contributed by atoms with Crippen molar-refractivity contribution < 1.29 is 4.42 Å². The molecule has 0 bridgehead atoms. The first-order valence-corrected chi connectivity index (χ1v) is 7.30. The molecule has 0 atom stereocenters. The summed E-state index contributed by atoms with van der Waals surface area (Å²) in [6, 6.07) is 1.68. The molecule has 7 nitrogen and oxygen atoms in total. The van der Waals surface area contributed by atoms with E-state index in [2.05, 4.69) is 20.2 Å².